The number of rotatable bonds is 10. The first-order valence-corrected chi connectivity index (χ1v) is 13.0. The maximum absolute atomic E-state index is 13.3. The molecule has 2 aromatic rings. The largest absolute Gasteiger partial charge is 0.495 e. The van der Waals surface area contributed by atoms with E-state index in [2.05, 4.69) is 5.32 Å². The Bertz CT molecular complexity index is 1120. The van der Waals surface area contributed by atoms with Crippen molar-refractivity contribution in [3.8, 4) is 5.75 Å². The Labute approximate surface area is 184 Å². The SMILES string of the molecule is CCCS(=O)(=O)C(C)C(=O)Nc1cc(S(=O)(=O)N(CC)c2ccccc2)ccc1OC. The molecule has 0 aliphatic heterocycles. The molecule has 31 heavy (non-hydrogen) atoms. The molecule has 1 N–H and O–H groups in total. The van der Waals surface area contributed by atoms with Crippen molar-refractivity contribution < 1.29 is 26.4 Å². The number of methoxy groups -OCH3 is 1. The van der Waals surface area contributed by atoms with Gasteiger partial charge in [0.15, 0.2) is 9.84 Å². The Morgan fingerprint density at radius 2 is 1.71 bits per heavy atom. The zero-order valence-electron chi connectivity index (χ0n) is 18.0. The normalized spacial score (nSPS) is 12.8. The van der Waals surface area contributed by atoms with E-state index in [9.17, 15) is 21.6 Å². The zero-order chi connectivity index (χ0) is 23.2. The van der Waals surface area contributed by atoms with Gasteiger partial charge >= 0.3 is 0 Å². The highest BCUT2D eigenvalue weighted by atomic mass is 32.2. The summed E-state index contributed by atoms with van der Waals surface area (Å²) in [6, 6.07) is 12.7. The Balaban J connectivity index is 2.43. The molecule has 10 heteroatoms. The number of para-hydroxylation sites is 1. The van der Waals surface area contributed by atoms with Crippen LogP contribution in [0.3, 0.4) is 0 Å². The van der Waals surface area contributed by atoms with Gasteiger partial charge in [-0.05, 0) is 50.6 Å². The van der Waals surface area contributed by atoms with E-state index in [0.29, 0.717) is 12.1 Å². The van der Waals surface area contributed by atoms with Crippen molar-refractivity contribution >= 4 is 37.1 Å². The van der Waals surface area contributed by atoms with Crippen LogP contribution in [-0.2, 0) is 24.7 Å². The van der Waals surface area contributed by atoms with E-state index in [-0.39, 0.29) is 28.6 Å². The van der Waals surface area contributed by atoms with Crippen LogP contribution in [0.4, 0.5) is 11.4 Å². The standard InChI is InChI=1S/C21H28N2O6S2/c1-5-14-30(25,26)16(3)21(24)22-19-15-18(12-13-20(19)29-4)31(27,28)23(6-2)17-10-8-7-9-11-17/h7-13,15-16H,5-6,14H2,1-4H3,(H,22,24). The Morgan fingerprint density at radius 1 is 1.06 bits per heavy atom. The molecule has 1 atom stereocenters. The minimum absolute atomic E-state index is 0.0571. The molecule has 2 aromatic carbocycles. The molecule has 0 bridgehead atoms. The lowest BCUT2D eigenvalue weighted by Gasteiger charge is -2.23. The Morgan fingerprint density at radius 3 is 2.26 bits per heavy atom. The maximum Gasteiger partial charge on any atom is 0.264 e. The smallest absolute Gasteiger partial charge is 0.264 e. The number of benzene rings is 2. The van der Waals surface area contributed by atoms with Gasteiger partial charge < -0.3 is 10.1 Å². The number of sulfone groups is 1. The average Bonchev–Trinajstić information content (AvgIpc) is 2.74. The van der Waals surface area contributed by atoms with Crippen LogP contribution < -0.4 is 14.4 Å². The number of amides is 1. The van der Waals surface area contributed by atoms with E-state index in [0.717, 1.165) is 0 Å². The second-order valence-electron chi connectivity index (χ2n) is 6.87. The van der Waals surface area contributed by atoms with Gasteiger partial charge in [0, 0.05) is 6.54 Å². The lowest BCUT2D eigenvalue weighted by Crippen LogP contribution is -2.34. The third-order valence-corrected chi connectivity index (χ3v) is 8.91. The van der Waals surface area contributed by atoms with Gasteiger partial charge in [0.1, 0.15) is 11.0 Å². The molecule has 1 unspecified atom stereocenters. The summed E-state index contributed by atoms with van der Waals surface area (Å²) < 4.78 is 57.4. The second-order valence-corrected chi connectivity index (χ2v) is 11.2. The highest BCUT2D eigenvalue weighted by molar-refractivity contribution is 7.93. The fraction of sp³-hybridized carbons (Fsp3) is 0.381. The number of nitrogens with zero attached hydrogens (tertiary/aromatic N) is 1. The van der Waals surface area contributed by atoms with Crippen LogP contribution in [0.25, 0.3) is 0 Å². The molecule has 0 heterocycles. The summed E-state index contributed by atoms with van der Waals surface area (Å²) in [6.45, 7) is 4.94. The van der Waals surface area contributed by atoms with Gasteiger partial charge in [-0.3, -0.25) is 9.10 Å². The molecule has 1 amide bonds. The van der Waals surface area contributed by atoms with Crippen LogP contribution >= 0.6 is 0 Å². The Hall–Kier alpha value is -2.59. The highest BCUT2D eigenvalue weighted by Gasteiger charge is 2.29. The third-order valence-electron chi connectivity index (χ3n) is 4.74. The topological polar surface area (TPSA) is 110 Å². The van der Waals surface area contributed by atoms with E-state index >= 15 is 0 Å². The summed E-state index contributed by atoms with van der Waals surface area (Å²) in [5.74, 6) is -0.651. The molecule has 0 aliphatic carbocycles. The second kappa shape index (κ2) is 10.1. The van der Waals surface area contributed by atoms with Crippen LogP contribution in [0.5, 0.6) is 5.75 Å². The van der Waals surface area contributed by atoms with E-state index < -0.39 is 31.0 Å². The van der Waals surface area contributed by atoms with Crippen molar-refractivity contribution in [2.75, 3.05) is 29.0 Å². The minimum Gasteiger partial charge on any atom is -0.495 e. The van der Waals surface area contributed by atoms with Gasteiger partial charge in [-0.1, -0.05) is 25.1 Å². The number of hydrogen-bond donors (Lipinski definition) is 1. The molecular weight excluding hydrogens is 440 g/mol. The van der Waals surface area contributed by atoms with Crippen LogP contribution in [0.2, 0.25) is 0 Å². The van der Waals surface area contributed by atoms with Gasteiger partial charge in [0.05, 0.1) is 29.1 Å². The summed E-state index contributed by atoms with van der Waals surface area (Å²) in [5.41, 5.74) is 0.585. The fourth-order valence-electron chi connectivity index (χ4n) is 3.02. The van der Waals surface area contributed by atoms with E-state index in [1.807, 2.05) is 0 Å². The number of nitrogens with one attached hydrogen (secondary N) is 1. The van der Waals surface area contributed by atoms with Crippen LogP contribution in [-0.4, -0.2) is 47.4 Å². The lowest BCUT2D eigenvalue weighted by atomic mass is 10.3. The highest BCUT2D eigenvalue weighted by Crippen LogP contribution is 2.31. The molecule has 0 aromatic heterocycles. The quantitative estimate of drug-likeness (QED) is 0.574. The molecule has 0 spiro atoms. The molecule has 170 valence electrons. The number of carbonyl (C=O) groups is 1. The van der Waals surface area contributed by atoms with Gasteiger partial charge in [0.2, 0.25) is 5.91 Å². The van der Waals surface area contributed by atoms with E-state index in [4.69, 9.17) is 4.74 Å². The molecule has 0 radical (unpaired) electrons. The predicted octanol–water partition coefficient (Wildman–Crippen LogP) is 3.06. The third kappa shape index (κ3) is 5.56. The monoisotopic (exact) mass is 468 g/mol. The summed E-state index contributed by atoms with van der Waals surface area (Å²) in [7, 11) is -6.18. The van der Waals surface area contributed by atoms with Crippen LogP contribution in [0.1, 0.15) is 27.2 Å². The van der Waals surface area contributed by atoms with Gasteiger partial charge in [-0.25, -0.2) is 16.8 Å². The van der Waals surface area contributed by atoms with Crippen LogP contribution in [0.15, 0.2) is 53.4 Å². The molecule has 0 aliphatic rings. The summed E-state index contributed by atoms with van der Waals surface area (Å²) in [4.78, 5) is 12.5. The van der Waals surface area contributed by atoms with E-state index in [1.165, 1.54) is 36.5 Å². The lowest BCUT2D eigenvalue weighted by molar-refractivity contribution is -0.115. The first-order chi connectivity index (χ1) is 14.6. The molecule has 0 saturated carbocycles. The predicted molar refractivity (Wildman–Crippen MR) is 122 cm³/mol. The maximum atomic E-state index is 13.3. The molecule has 8 nitrogen and oxygen atoms in total. The molecule has 0 fully saturated rings. The number of ether oxygens (including phenoxy) is 1. The van der Waals surface area contributed by atoms with Crippen molar-refractivity contribution in [1.82, 2.24) is 0 Å². The van der Waals surface area contributed by atoms with Crippen molar-refractivity contribution in [1.29, 1.82) is 0 Å². The van der Waals surface area contributed by atoms with Crippen molar-refractivity contribution in [2.24, 2.45) is 0 Å². The van der Waals surface area contributed by atoms with Gasteiger partial charge in [0.25, 0.3) is 10.0 Å². The molecule has 2 rings (SSSR count). The summed E-state index contributed by atoms with van der Waals surface area (Å²) >= 11 is 0. The Kier molecular flexibility index (Phi) is 8.08. The molecule has 0 saturated heterocycles. The van der Waals surface area contributed by atoms with Gasteiger partial charge in [-0.2, -0.15) is 0 Å². The summed E-state index contributed by atoms with van der Waals surface area (Å²) in [6.07, 6.45) is 0.392. The number of sulfonamides is 1. The van der Waals surface area contributed by atoms with Gasteiger partial charge in [-0.15, -0.1) is 0 Å². The number of anilines is 2. The number of hydrogen-bond acceptors (Lipinski definition) is 6. The minimum atomic E-state index is -3.94. The average molecular weight is 469 g/mol. The van der Waals surface area contributed by atoms with E-state index in [1.54, 1.807) is 44.2 Å². The first kappa shape index (κ1) is 24.7. The summed E-state index contributed by atoms with van der Waals surface area (Å²) in [5, 5.41) is 1.23. The zero-order valence-corrected chi connectivity index (χ0v) is 19.7. The first-order valence-electron chi connectivity index (χ1n) is 9.86. The molecular formula is C21H28N2O6S2. The van der Waals surface area contributed by atoms with Crippen LogP contribution in [0, 0.1) is 0 Å². The van der Waals surface area contributed by atoms with Crippen molar-refractivity contribution in [3.63, 3.8) is 0 Å². The fourth-order valence-corrected chi connectivity index (χ4v) is 5.82. The van der Waals surface area contributed by atoms with Crippen molar-refractivity contribution in [2.45, 2.75) is 37.3 Å². The number of carbonyl (C=O) groups excluding carboxylic acids is 1. The van der Waals surface area contributed by atoms with Crippen molar-refractivity contribution in [3.05, 3.63) is 48.5 Å².